The molecule has 34 heavy (non-hydrogen) atoms. The molecule has 8 heteroatoms. The van der Waals surface area contributed by atoms with Gasteiger partial charge in [0.25, 0.3) is 11.8 Å². The van der Waals surface area contributed by atoms with Crippen LogP contribution in [0.5, 0.6) is 5.75 Å². The van der Waals surface area contributed by atoms with Crippen molar-refractivity contribution in [1.29, 1.82) is 0 Å². The number of carbonyl (C=O) groups is 3. The Morgan fingerprint density at radius 2 is 1.50 bits per heavy atom. The quantitative estimate of drug-likeness (QED) is 0.353. The number of nitrogens with one attached hydrogen (secondary N) is 2. The third-order valence-corrected chi connectivity index (χ3v) is 4.93. The largest absolute Gasteiger partial charge is 0.497 e. The maximum Gasteiger partial charge on any atom is 0.338 e. The first-order chi connectivity index (χ1) is 16.4. The Hall–Kier alpha value is -4.10. The van der Waals surface area contributed by atoms with Gasteiger partial charge in [0.1, 0.15) is 11.4 Å². The van der Waals surface area contributed by atoms with Crippen molar-refractivity contribution in [3.8, 4) is 5.75 Å². The summed E-state index contributed by atoms with van der Waals surface area (Å²) < 4.78 is 10.1. The summed E-state index contributed by atoms with van der Waals surface area (Å²) >= 11 is 5.95. The van der Waals surface area contributed by atoms with Crippen molar-refractivity contribution in [2.75, 3.05) is 19.0 Å². The number of benzene rings is 3. The number of esters is 1. The van der Waals surface area contributed by atoms with E-state index in [9.17, 15) is 14.4 Å². The molecular weight excluding hydrogens is 456 g/mol. The first-order valence-corrected chi connectivity index (χ1v) is 10.8. The van der Waals surface area contributed by atoms with Crippen molar-refractivity contribution in [2.24, 2.45) is 0 Å². The summed E-state index contributed by atoms with van der Waals surface area (Å²) in [6.45, 7) is 1.99. The minimum atomic E-state index is -0.541. The highest BCUT2D eigenvalue weighted by Gasteiger charge is 2.16. The lowest BCUT2D eigenvalue weighted by Crippen LogP contribution is -2.30. The van der Waals surface area contributed by atoms with E-state index < -0.39 is 17.8 Å². The van der Waals surface area contributed by atoms with E-state index in [2.05, 4.69) is 10.6 Å². The fourth-order valence-corrected chi connectivity index (χ4v) is 3.05. The van der Waals surface area contributed by atoms with Gasteiger partial charge in [-0.25, -0.2) is 4.79 Å². The lowest BCUT2D eigenvalue weighted by Gasteiger charge is -2.12. The van der Waals surface area contributed by atoms with Crippen LogP contribution < -0.4 is 15.4 Å². The summed E-state index contributed by atoms with van der Waals surface area (Å²) in [6, 6.07) is 19.6. The van der Waals surface area contributed by atoms with Crippen LogP contribution in [0.1, 0.15) is 33.2 Å². The van der Waals surface area contributed by atoms with E-state index in [1.54, 1.807) is 85.8 Å². The first-order valence-electron chi connectivity index (χ1n) is 10.4. The van der Waals surface area contributed by atoms with Gasteiger partial charge in [0.15, 0.2) is 0 Å². The number of anilines is 1. The molecule has 3 aromatic carbocycles. The second-order valence-corrected chi connectivity index (χ2v) is 7.48. The molecule has 0 aromatic heterocycles. The van der Waals surface area contributed by atoms with E-state index >= 15 is 0 Å². The Bertz CT molecular complexity index is 1190. The number of halogens is 1. The predicted octanol–water partition coefficient (Wildman–Crippen LogP) is 4.93. The predicted molar refractivity (Wildman–Crippen MR) is 131 cm³/mol. The van der Waals surface area contributed by atoms with Crippen LogP contribution in [0.25, 0.3) is 6.08 Å². The SMILES string of the molecule is CCOC(=O)c1ccc(NC(=O)/C(=C\c2ccc(Cl)cc2)NC(=O)c2ccc(OC)cc2)cc1. The number of hydrogen-bond donors (Lipinski definition) is 2. The summed E-state index contributed by atoms with van der Waals surface area (Å²) in [5.41, 5.74) is 1.86. The molecule has 0 aliphatic heterocycles. The highest BCUT2D eigenvalue weighted by Crippen LogP contribution is 2.16. The van der Waals surface area contributed by atoms with E-state index in [-0.39, 0.29) is 12.3 Å². The molecule has 3 aromatic rings. The van der Waals surface area contributed by atoms with Gasteiger partial charge in [0, 0.05) is 16.3 Å². The highest BCUT2D eigenvalue weighted by atomic mass is 35.5. The minimum absolute atomic E-state index is 0.0256. The van der Waals surface area contributed by atoms with Crippen LogP contribution in [0.3, 0.4) is 0 Å². The summed E-state index contributed by atoms with van der Waals surface area (Å²) in [5, 5.41) is 5.94. The van der Waals surface area contributed by atoms with Crippen molar-refractivity contribution in [3.63, 3.8) is 0 Å². The molecule has 174 valence electrons. The van der Waals surface area contributed by atoms with Crippen molar-refractivity contribution in [3.05, 3.63) is 100 Å². The molecule has 3 rings (SSSR count). The summed E-state index contributed by atoms with van der Waals surface area (Å²) in [7, 11) is 1.53. The normalized spacial score (nSPS) is 10.9. The zero-order valence-corrected chi connectivity index (χ0v) is 19.4. The van der Waals surface area contributed by atoms with Gasteiger partial charge < -0.3 is 20.1 Å². The molecule has 2 amide bonds. The third-order valence-electron chi connectivity index (χ3n) is 4.68. The number of amides is 2. The van der Waals surface area contributed by atoms with Crippen molar-refractivity contribution in [1.82, 2.24) is 5.32 Å². The lowest BCUT2D eigenvalue weighted by atomic mass is 10.1. The van der Waals surface area contributed by atoms with E-state index in [1.807, 2.05) is 0 Å². The highest BCUT2D eigenvalue weighted by molar-refractivity contribution is 6.30. The summed E-state index contributed by atoms with van der Waals surface area (Å²) in [5.74, 6) is -0.843. The van der Waals surface area contributed by atoms with Crippen LogP contribution in [0, 0.1) is 0 Å². The van der Waals surface area contributed by atoms with Crippen molar-refractivity contribution >= 4 is 41.1 Å². The molecule has 0 saturated heterocycles. The molecular formula is C26H23ClN2O5. The van der Waals surface area contributed by atoms with Gasteiger partial charge in [-0.1, -0.05) is 23.7 Å². The number of methoxy groups -OCH3 is 1. The second-order valence-electron chi connectivity index (χ2n) is 7.04. The Labute approximate surface area is 202 Å². The van der Waals surface area contributed by atoms with Crippen LogP contribution in [0.2, 0.25) is 5.02 Å². The molecule has 0 fully saturated rings. The van der Waals surface area contributed by atoms with E-state index in [0.29, 0.717) is 33.1 Å². The van der Waals surface area contributed by atoms with E-state index in [1.165, 1.54) is 7.11 Å². The Morgan fingerprint density at radius 3 is 2.09 bits per heavy atom. The van der Waals surface area contributed by atoms with Crippen LogP contribution in [0.4, 0.5) is 5.69 Å². The second kappa shape index (κ2) is 11.7. The van der Waals surface area contributed by atoms with Gasteiger partial charge in [0.2, 0.25) is 0 Å². The molecule has 0 atom stereocenters. The van der Waals surface area contributed by atoms with Crippen LogP contribution in [-0.2, 0) is 9.53 Å². The molecule has 2 N–H and O–H groups in total. The van der Waals surface area contributed by atoms with Crippen molar-refractivity contribution in [2.45, 2.75) is 6.92 Å². The van der Waals surface area contributed by atoms with Gasteiger partial charge in [-0.2, -0.15) is 0 Å². The average Bonchev–Trinajstić information content (AvgIpc) is 2.85. The maximum atomic E-state index is 13.0. The van der Waals surface area contributed by atoms with Gasteiger partial charge in [0.05, 0.1) is 19.3 Å². The lowest BCUT2D eigenvalue weighted by molar-refractivity contribution is -0.113. The Kier molecular flexibility index (Phi) is 8.43. The molecule has 7 nitrogen and oxygen atoms in total. The molecule has 0 heterocycles. The number of carbonyl (C=O) groups excluding carboxylic acids is 3. The summed E-state index contributed by atoms with van der Waals surface area (Å²) in [4.78, 5) is 37.7. The molecule has 0 aliphatic rings. The minimum Gasteiger partial charge on any atom is -0.497 e. The number of ether oxygens (including phenoxy) is 2. The Balaban J connectivity index is 1.82. The molecule has 0 spiro atoms. The topological polar surface area (TPSA) is 93.7 Å². The average molecular weight is 479 g/mol. The first kappa shape index (κ1) is 24.5. The standard InChI is InChI=1S/C26H23ClN2O5/c1-3-34-26(32)19-6-12-21(13-7-19)28-25(31)23(16-17-4-10-20(27)11-5-17)29-24(30)18-8-14-22(33-2)15-9-18/h4-16H,3H2,1-2H3,(H,28,31)(H,29,30)/b23-16+. The number of hydrogen-bond acceptors (Lipinski definition) is 5. The van der Waals surface area contributed by atoms with Gasteiger partial charge in [-0.15, -0.1) is 0 Å². The van der Waals surface area contributed by atoms with Crippen LogP contribution in [-0.4, -0.2) is 31.5 Å². The smallest absolute Gasteiger partial charge is 0.338 e. The zero-order valence-electron chi connectivity index (χ0n) is 18.6. The Morgan fingerprint density at radius 1 is 0.882 bits per heavy atom. The van der Waals surface area contributed by atoms with Crippen LogP contribution >= 0.6 is 11.6 Å². The maximum absolute atomic E-state index is 13.0. The molecule has 0 bridgehead atoms. The van der Waals surface area contributed by atoms with Crippen LogP contribution in [0.15, 0.2) is 78.5 Å². The van der Waals surface area contributed by atoms with Crippen molar-refractivity contribution < 1.29 is 23.9 Å². The van der Waals surface area contributed by atoms with Gasteiger partial charge in [-0.05, 0) is 79.2 Å². The fourth-order valence-electron chi connectivity index (χ4n) is 2.92. The number of rotatable bonds is 8. The van der Waals surface area contributed by atoms with E-state index in [0.717, 1.165) is 0 Å². The fraction of sp³-hybridized carbons (Fsp3) is 0.115. The molecule has 0 radical (unpaired) electrons. The summed E-state index contributed by atoms with van der Waals surface area (Å²) in [6.07, 6.45) is 1.54. The van der Waals surface area contributed by atoms with Gasteiger partial charge in [-0.3, -0.25) is 9.59 Å². The molecule has 0 aliphatic carbocycles. The van der Waals surface area contributed by atoms with Gasteiger partial charge >= 0.3 is 5.97 Å². The molecule has 0 saturated carbocycles. The zero-order chi connectivity index (χ0) is 24.5. The molecule has 0 unspecified atom stereocenters. The third kappa shape index (κ3) is 6.70. The monoisotopic (exact) mass is 478 g/mol. The van der Waals surface area contributed by atoms with E-state index in [4.69, 9.17) is 21.1 Å².